The molecular formula is C22H29NO2. The van der Waals surface area contributed by atoms with Crippen LogP contribution in [-0.2, 0) is 12.0 Å². The molecule has 0 spiro atoms. The summed E-state index contributed by atoms with van der Waals surface area (Å²) in [5, 5.41) is 2.97. The van der Waals surface area contributed by atoms with Crippen LogP contribution in [0.2, 0.25) is 0 Å². The lowest BCUT2D eigenvalue weighted by Gasteiger charge is -2.19. The van der Waals surface area contributed by atoms with Gasteiger partial charge in [0.25, 0.3) is 5.91 Å². The molecule has 2 aromatic rings. The van der Waals surface area contributed by atoms with E-state index in [1.54, 1.807) is 0 Å². The summed E-state index contributed by atoms with van der Waals surface area (Å²) >= 11 is 0. The van der Waals surface area contributed by atoms with Gasteiger partial charge in [-0.1, -0.05) is 52.0 Å². The molecule has 0 saturated carbocycles. The van der Waals surface area contributed by atoms with Gasteiger partial charge in [0.15, 0.2) is 0 Å². The number of amides is 1. The van der Waals surface area contributed by atoms with Gasteiger partial charge in [-0.15, -0.1) is 0 Å². The molecular weight excluding hydrogens is 310 g/mol. The van der Waals surface area contributed by atoms with E-state index in [0.29, 0.717) is 12.2 Å². The summed E-state index contributed by atoms with van der Waals surface area (Å²) in [5.41, 5.74) is 3.15. The second kappa shape index (κ2) is 8.19. The van der Waals surface area contributed by atoms with Crippen molar-refractivity contribution >= 4 is 5.91 Å². The molecule has 0 saturated heterocycles. The average molecular weight is 339 g/mol. The Balaban J connectivity index is 1.92. The van der Waals surface area contributed by atoms with Crippen LogP contribution in [0.25, 0.3) is 0 Å². The summed E-state index contributed by atoms with van der Waals surface area (Å²) in [6, 6.07) is 16.0. The van der Waals surface area contributed by atoms with Gasteiger partial charge in [-0.05, 0) is 54.2 Å². The van der Waals surface area contributed by atoms with E-state index < -0.39 is 0 Å². The Bertz CT molecular complexity index is 681. The van der Waals surface area contributed by atoms with Gasteiger partial charge in [-0.25, -0.2) is 0 Å². The maximum atomic E-state index is 12.1. The molecule has 2 aromatic carbocycles. The van der Waals surface area contributed by atoms with Crippen molar-refractivity contribution in [1.82, 2.24) is 5.32 Å². The van der Waals surface area contributed by atoms with Gasteiger partial charge in [0.1, 0.15) is 12.4 Å². The molecule has 1 atom stereocenters. The fourth-order valence-electron chi connectivity index (χ4n) is 2.38. The third-order valence-electron chi connectivity index (χ3n) is 4.33. The molecule has 0 bridgehead atoms. The third kappa shape index (κ3) is 5.63. The zero-order chi connectivity index (χ0) is 18.4. The van der Waals surface area contributed by atoms with Gasteiger partial charge >= 0.3 is 0 Å². The Morgan fingerprint density at radius 2 is 1.64 bits per heavy atom. The number of rotatable bonds is 6. The van der Waals surface area contributed by atoms with Crippen molar-refractivity contribution in [2.45, 2.75) is 59.1 Å². The highest BCUT2D eigenvalue weighted by Crippen LogP contribution is 2.24. The Morgan fingerprint density at radius 3 is 2.16 bits per heavy atom. The highest BCUT2D eigenvalue weighted by atomic mass is 16.5. The van der Waals surface area contributed by atoms with E-state index in [1.165, 1.54) is 5.56 Å². The van der Waals surface area contributed by atoms with E-state index in [9.17, 15) is 4.79 Å². The highest BCUT2D eigenvalue weighted by Gasteiger charge is 2.13. The van der Waals surface area contributed by atoms with Crippen LogP contribution in [0.3, 0.4) is 0 Å². The van der Waals surface area contributed by atoms with Gasteiger partial charge in [0.2, 0.25) is 0 Å². The molecule has 0 aliphatic rings. The molecule has 3 heteroatoms. The number of carbonyl (C=O) groups excluding carboxylic acids is 1. The predicted molar refractivity (Wildman–Crippen MR) is 103 cm³/mol. The zero-order valence-corrected chi connectivity index (χ0v) is 15.9. The van der Waals surface area contributed by atoms with Crippen molar-refractivity contribution in [2.24, 2.45) is 0 Å². The van der Waals surface area contributed by atoms with Crippen LogP contribution >= 0.6 is 0 Å². The Hall–Kier alpha value is -2.29. The summed E-state index contributed by atoms with van der Waals surface area (Å²) < 4.78 is 5.84. The van der Waals surface area contributed by atoms with Gasteiger partial charge < -0.3 is 10.1 Å². The molecule has 0 heterocycles. The SMILES string of the molecule is CC[C@@H](C)NC(=O)c1ccc(COc2ccc(C(C)(C)C)cc2)cc1. The molecule has 1 N–H and O–H groups in total. The van der Waals surface area contributed by atoms with Crippen molar-refractivity contribution in [1.29, 1.82) is 0 Å². The fraction of sp³-hybridized carbons (Fsp3) is 0.409. The Labute approximate surface area is 151 Å². The zero-order valence-electron chi connectivity index (χ0n) is 15.9. The number of hydrogen-bond donors (Lipinski definition) is 1. The smallest absolute Gasteiger partial charge is 0.251 e. The van der Waals surface area contributed by atoms with Gasteiger partial charge in [0.05, 0.1) is 0 Å². The lowest BCUT2D eigenvalue weighted by molar-refractivity contribution is 0.0939. The van der Waals surface area contributed by atoms with Crippen molar-refractivity contribution < 1.29 is 9.53 Å². The van der Waals surface area contributed by atoms with Crippen molar-refractivity contribution in [2.75, 3.05) is 0 Å². The number of nitrogens with one attached hydrogen (secondary N) is 1. The first-order valence-corrected chi connectivity index (χ1v) is 8.92. The van der Waals surface area contributed by atoms with Crippen LogP contribution in [0.15, 0.2) is 48.5 Å². The molecule has 25 heavy (non-hydrogen) atoms. The summed E-state index contributed by atoms with van der Waals surface area (Å²) in [7, 11) is 0. The minimum Gasteiger partial charge on any atom is -0.489 e. The predicted octanol–water partition coefficient (Wildman–Crippen LogP) is 5.09. The van der Waals surface area contributed by atoms with Crippen LogP contribution in [0, 0.1) is 0 Å². The van der Waals surface area contributed by atoms with E-state index in [4.69, 9.17) is 4.74 Å². The first-order chi connectivity index (χ1) is 11.8. The lowest BCUT2D eigenvalue weighted by atomic mass is 9.87. The number of carbonyl (C=O) groups is 1. The average Bonchev–Trinajstić information content (AvgIpc) is 2.59. The van der Waals surface area contributed by atoms with E-state index in [0.717, 1.165) is 17.7 Å². The standard InChI is InChI=1S/C22H29NO2/c1-6-16(2)23-21(24)18-9-7-17(8-10-18)15-25-20-13-11-19(12-14-20)22(3,4)5/h7-14,16H,6,15H2,1-5H3,(H,23,24)/t16-/m1/s1. The Morgan fingerprint density at radius 1 is 1.04 bits per heavy atom. The first-order valence-electron chi connectivity index (χ1n) is 8.92. The monoisotopic (exact) mass is 339 g/mol. The van der Waals surface area contributed by atoms with E-state index in [2.05, 4.69) is 45.1 Å². The maximum absolute atomic E-state index is 12.1. The van der Waals surface area contributed by atoms with E-state index in [1.807, 2.05) is 43.3 Å². The van der Waals surface area contributed by atoms with Crippen LogP contribution in [-0.4, -0.2) is 11.9 Å². The second-order valence-corrected chi connectivity index (χ2v) is 7.54. The molecule has 1 amide bonds. The largest absolute Gasteiger partial charge is 0.489 e. The molecule has 134 valence electrons. The first kappa shape index (κ1) is 19.0. The molecule has 0 unspecified atom stereocenters. The molecule has 0 fully saturated rings. The molecule has 3 nitrogen and oxygen atoms in total. The van der Waals surface area contributed by atoms with Crippen molar-refractivity contribution in [3.05, 3.63) is 65.2 Å². The number of hydrogen-bond acceptors (Lipinski definition) is 2. The van der Waals surface area contributed by atoms with E-state index in [-0.39, 0.29) is 17.4 Å². The summed E-state index contributed by atoms with van der Waals surface area (Å²) in [5.74, 6) is 0.825. The van der Waals surface area contributed by atoms with Crippen LogP contribution in [0.5, 0.6) is 5.75 Å². The molecule has 0 radical (unpaired) electrons. The lowest BCUT2D eigenvalue weighted by Crippen LogP contribution is -2.31. The minimum atomic E-state index is -0.0282. The maximum Gasteiger partial charge on any atom is 0.251 e. The molecule has 0 aromatic heterocycles. The van der Waals surface area contributed by atoms with Crippen molar-refractivity contribution in [3.63, 3.8) is 0 Å². The summed E-state index contributed by atoms with van der Waals surface area (Å²) in [4.78, 5) is 12.1. The summed E-state index contributed by atoms with van der Waals surface area (Å²) in [6.45, 7) is 11.1. The topological polar surface area (TPSA) is 38.3 Å². The highest BCUT2D eigenvalue weighted by molar-refractivity contribution is 5.94. The van der Waals surface area contributed by atoms with Gasteiger partial charge in [-0.2, -0.15) is 0 Å². The molecule has 2 rings (SSSR count). The normalized spacial score (nSPS) is 12.5. The van der Waals surface area contributed by atoms with E-state index >= 15 is 0 Å². The van der Waals surface area contributed by atoms with Crippen molar-refractivity contribution in [3.8, 4) is 5.75 Å². The fourth-order valence-corrected chi connectivity index (χ4v) is 2.38. The number of benzene rings is 2. The Kier molecular flexibility index (Phi) is 6.24. The molecule has 0 aliphatic heterocycles. The number of ether oxygens (including phenoxy) is 1. The summed E-state index contributed by atoms with van der Waals surface area (Å²) in [6.07, 6.45) is 0.922. The minimum absolute atomic E-state index is 0.0282. The van der Waals surface area contributed by atoms with Crippen LogP contribution < -0.4 is 10.1 Å². The molecule has 0 aliphatic carbocycles. The van der Waals surface area contributed by atoms with Crippen LogP contribution in [0.4, 0.5) is 0 Å². The van der Waals surface area contributed by atoms with Gasteiger partial charge in [0, 0.05) is 11.6 Å². The second-order valence-electron chi connectivity index (χ2n) is 7.54. The van der Waals surface area contributed by atoms with Crippen LogP contribution in [0.1, 0.15) is 62.5 Å². The third-order valence-corrected chi connectivity index (χ3v) is 4.33. The van der Waals surface area contributed by atoms with Gasteiger partial charge in [-0.3, -0.25) is 4.79 Å². The quantitative estimate of drug-likeness (QED) is 0.796.